The SMILES string of the molecule is COC(=O)CCCc1cn(-c2ccccc2)c(NC(=O)c2cccc(-c3cnn(COCC[Si](C)(C)C)c3)c2)n1. The van der Waals surface area contributed by atoms with Crippen LogP contribution >= 0.6 is 0 Å². The van der Waals surface area contributed by atoms with Crippen LogP contribution in [0, 0.1) is 0 Å². The number of nitrogens with one attached hydrogen (secondary N) is 1. The number of aryl methyl sites for hydroxylation is 1. The van der Waals surface area contributed by atoms with Gasteiger partial charge in [-0.3, -0.25) is 19.5 Å². The Morgan fingerprint density at radius 2 is 1.80 bits per heavy atom. The number of rotatable bonds is 13. The van der Waals surface area contributed by atoms with Gasteiger partial charge in [-0.1, -0.05) is 50.0 Å². The lowest BCUT2D eigenvalue weighted by atomic mass is 10.1. The van der Waals surface area contributed by atoms with Crippen LogP contribution in [-0.4, -0.2) is 53.0 Å². The minimum absolute atomic E-state index is 0.254. The fraction of sp³-hybridized carbons (Fsp3) is 0.333. The first-order chi connectivity index (χ1) is 19.2. The second-order valence-corrected chi connectivity index (χ2v) is 16.5. The van der Waals surface area contributed by atoms with Crippen molar-refractivity contribution < 1.29 is 19.1 Å². The van der Waals surface area contributed by atoms with E-state index in [1.807, 2.05) is 65.5 Å². The Hall–Kier alpha value is -4.02. The number of carbonyl (C=O) groups is 2. The summed E-state index contributed by atoms with van der Waals surface area (Å²) in [5.41, 5.74) is 3.94. The van der Waals surface area contributed by atoms with E-state index in [9.17, 15) is 9.59 Å². The van der Waals surface area contributed by atoms with Gasteiger partial charge in [-0.2, -0.15) is 5.10 Å². The van der Waals surface area contributed by atoms with Crippen molar-refractivity contribution in [2.24, 2.45) is 0 Å². The van der Waals surface area contributed by atoms with E-state index in [-0.39, 0.29) is 11.9 Å². The molecule has 0 unspecified atom stereocenters. The van der Waals surface area contributed by atoms with Gasteiger partial charge in [0.05, 0.1) is 19.0 Å². The maximum absolute atomic E-state index is 13.3. The minimum Gasteiger partial charge on any atom is -0.469 e. The van der Waals surface area contributed by atoms with E-state index in [0.29, 0.717) is 37.5 Å². The third-order valence-electron chi connectivity index (χ3n) is 6.37. The molecule has 9 nitrogen and oxygen atoms in total. The lowest BCUT2D eigenvalue weighted by Crippen LogP contribution is -2.22. The molecule has 0 fully saturated rings. The molecule has 10 heteroatoms. The van der Waals surface area contributed by atoms with Crippen molar-refractivity contribution in [3.63, 3.8) is 0 Å². The summed E-state index contributed by atoms with van der Waals surface area (Å²) in [6, 6.07) is 18.2. The van der Waals surface area contributed by atoms with Crippen LogP contribution < -0.4 is 5.32 Å². The van der Waals surface area contributed by atoms with Crippen molar-refractivity contribution in [3.05, 3.63) is 84.4 Å². The van der Waals surface area contributed by atoms with Crippen molar-refractivity contribution in [1.29, 1.82) is 0 Å². The van der Waals surface area contributed by atoms with Gasteiger partial charge in [0.1, 0.15) is 6.73 Å². The Labute approximate surface area is 236 Å². The zero-order valence-electron chi connectivity index (χ0n) is 23.6. The number of carbonyl (C=O) groups excluding carboxylic acids is 2. The van der Waals surface area contributed by atoms with Crippen LogP contribution in [0.15, 0.2) is 73.2 Å². The summed E-state index contributed by atoms with van der Waals surface area (Å²) in [5.74, 6) is -0.109. The number of hydrogen-bond acceptors (Lipinski definition) is 6. The smallest absolute Gasteiger partial charge is 0.305 e. The van der Waals surface area contributed by atoms with E-state index in [0.717, 1.165) is 35.2 Å². The van der Waals surface area contributed by atoms with Crippen LogP contribution in [0.1, 0.15) is 28.9 Å². The molecule has 0 saturated heterocycles. The van der Waals surface area contributed by atoms with Crippen molar-refractivity contribution >= 4 is 25.9 Å². The van der Waals surface area contributed by atoms with Gasteiger partial charge in [0.25, 0.3) is 5.91 Å². The summed E-state index contributed by atoms with van der Waals surface area (Å²) < 4.78 is 14.2. The molecule has 2 heterocycles. The Kier molecular flexibility index (Phi) is 9.68. The molecule has 210 valence electrons. The zero-order chi connectivity index (χ0) is 28.5. The van der Waals surface area contributed by atoms with Gasteiger partial charge in [0, 0.05) is 50.3 Å². The minimum atomic E-state index is -1.14. The maximum atomic E-state index is 13.3. The number of amides is 1. The largest absolute Gasteiger partial charge is 0.469 e. The maximum Gasteiger partial charge on any atom is 0.305 e. The van der Waals surface area contributed by atoms with Crippen molar-refractivity contribution in [2.45, 2.75) is 51.7 Å². The molecule has 0 aliphatic rings. The van der Waals surface area contributed by atoms with Gasteiger partial charge in [-0.25, -0.2) is 9.67 Å². The van der Waals surface area contributed by atoms with Crippen molar-refractivity contribution in [1.82, 2.24) is 19.3 Å². The van der Waals surface area contributed by atoms with Crippen LogP contribution in [-0.2, 0) is 27.4 Å². The van der Waals surface area contributed by atoms with E-state index >= 15 is 0 Å². The number of nitrogens with zero attached hydrogens (tertiary/aromatic N) is 4. The highest BCUT2D eigenvalue weighted by Gasteiger charge is 2.16. The number of ether oxygens (including phenoxy) is 2. The summed E-state index contributed by atoms with van der Waals surface area (Å²) in [6.45, 7) is 8.11. The first-order valence-corrected chi connectivity index (χ1v) is 17.1. The number of hydrogen-bond donors (Lipinski definition) is 1. The van der Waals surface area contributed by atoms with Crippen LogP contribution in [0.3, 0.4) is 0 Å². The second-order valence-electron chi connectivity index (χ2n) is 10.8. The molecule has 0 aliphatic heterocycles. The number of benzene rings is 2. The molecular formula is C30H37N5O4Si. The highest BCUT2D eigenvalue weighted by atomic mass is 28.3. The molecule has 0 saturated carbocycles. The fourth-order valence-corrected chi connectivity index (χ4v) is 4.83. The summed E-state index contributed by atoms with van der Waals surface area (Å²) >= 11 is 0. The Morgan fingerprint density at radius 3 is 2.55 bits per heavy atom. The molecular weight excluding hydrogens is 522 g/mol. The second kappa shape index (κ2) is 13.4. The normalized spacial score (nSPS) is 11.4. The van der Waals surface area contributed by atoms with Crippen molar-refractivity contribution in [3.8, 4) is 16.8 Å². The Balaban J connectivity index is 1.46. The monoisotopic (exact) mass is 559 g/mol. The Bertz CT molecular complexity index is 1430. The number of anilines is 1. The number of methoxy groups -OCH3 is 1. The Morgan fingerprint density at radius 1 is 1.00 bits per heavy atom. The fourth-order valence-electron chi connectivity index (χ4n) is 4.07. The van der Waals surface area contributed by atoms with Gasteiger partial charge in [0.15, 0.2) is 0 Å². The molecule has 1 N–H and O–H groups in total. The summed E-state index contributed by atoms with van der Waals surface area (Å²) in [5, 5.41) is 7.39. The van der Waals surface area contributed by atoms with Gasteiger partial charge < -0.3 is 9.47 Å². The molecule has 0 radical (unpaired) electrons. The predicted molar refractivity (Wildman–Crippen MR) is 158 cm³/mol. The van der Waals surface area contributed by atoms with Crippen LogP contribution in [0.25, 0.3) is 16.8 Å². The number of para-hydroxylation sites is 1. The van der Waals surface area contributed by atoms with E-state index in [2.05, 4.69) is 35.0 Å². The molecule has 0 atom stereocenters. The van der Waals surface area contributed by atoms with Gasteiger partial charge in [-0.05, 0) is 48.7 Å². The van der Waals surface area contributed by atoms with E-state index in [4.69, 9.17) is 9.47 Å². The molecule has 1 amide bonds. The van der Waals surface area contributed by atoms with Crippen LogP contribution in [0.4, 0.5) is 5.95 Å². The lowest BCUT2D eigenvalue weighted by molar-refractivity contribution is -0.140. The molecule has 4 aromatic rings. The van der Waals surface area contributed by atoms with Crippen molar-refractivity contribution in [2.75, 3.05) is 19.0 Å². The van der Waals surface area contributed by atoms with Gasteiger partial charge in [-0.15, -0.1) is 0 Å². The molecule has 0 bridgehead atoms. The molecule has 40 heavy (non-hydrogen) atoms. The topological polar surface area (TPSA) is 100 Å². The zero-order valence-corrected chi connectivity index (χ0v) is 24.6. The number of imidazole rings is 1. The average molecular weight is 560 g/mol. The van der Waals surface area contributed by atoms with Crippen LogP contribution in [0.5, 0.6) is 0 Å². The van der Waals surface area contributed by atoms with E-state index in [1.165, 1.54) is 7.11 Å². The number of esters is 1. The summed E-state index contributed by atoms with van der Waals surface area (Å²) in [6.07, 6.45) is 7.09. The predicted octanol–water partition coefficient (Wildman–Crippen LogP) is 5.80. The van der Waals surface area contributed by atoms with Gasteiger partial charge in [0.2, 0.25) is 5.95 Å². The summed E-state index contributed by atoms with van der Waals surface area (Å²) in [7, 11) is 0.244. The first kappa shape index (κ1) is 29.0. The third kappa shape index (κ3) is 8.24. The average Bonchev–Trinajstić information content (AvgIpc) is 3.58. The molecule has 0 spiro atoms. The lowest BCUT2D eigenvalue weighted by Gasteiger charge is -2.15. The molecule has 2 aromatic heterocycles. The van der Waals surface area contributed by atoms with E-state index in [1.54, 1.807) is 16.9 Å². The van der Waals surface area contributed by atoms with E-state index < -0.39 is 8.07 Å². The first-order valence-electron chi connectivity index (χ1n) is 13.4. The molecule has 4 rings (SSSR count). The quantitative estimate of drug-likeness (QED) is 0.126. The summed E-state index contributed by atoms with van der Waals surface area (Å²) in [4.78, 5) is 29.5. The third-order valence-corrected chi connectivity index (χ3v) is 8.07. The number of aromatic nitrogens is 4. The van der Waals surface area contributed by atoms with Gasteiger partial charge >= 0.3 is 5.97 Å². The standard InChI is InChI=1S/C30H37N5O4Si/c1-38-28(36)15-9-12-26-21-35(27-13-6-5-7-14-27)30(32-26)33-29(37)24-11-8-10-23(18-24)25-19-31-34(20-25)22-39-16-17-40(2,3)4/h5-8,10-11,13-14,18-21H,9,12,15-17,22H2,1-4H3,(H,32,33,37). The van der Waals surface area contributed by atoms with Crippen LogP contribution in [0.2, 0.25) is 25.7 Å². The molecule has 0 aliphatic carbocycles. The highest BCUT2D eigenvalue weighted by Crippen LogP contribution is 2.22. The molecule has 2 aromatic carbocycles. The highest BCUT2D eigenvalue weighted by molar-refractivity contribution is 6.76.